The number of carbonyl (C=O) groups is 2. The Labute approximate surface area is 364 Å². The normalized spacial score (nSPS) is 23.5. The molecule has 0 amide bonds. The van der Waals surface area contributed by atoms with Gasteiger partial charge in [0.15, 0.2) is 6.10 Å². The van der Waals surface area contributed by atoms with Gasteiger partial charge in [0, 0.05) is 12.8 Å². The van der Waals surface area contributed by atoms with E-state index in [4.69, 9.17) is 18.5 Å². The molecule has 0 saturated heterocycles. The number of hydrogen-bond donors (Lipinski definition) is 8. The number of aliphatic hydroxyl groups is 7. The van der Waals surface area contributed by atoms with E-state index in [0.29, 0.717) is 12.8 Å². The molecule has 0 aliphatic heterocycles. The number of phosphoric ester groups is 1. The number of allylic oxidation sites excluding steroid dienone is 7. The second kappa shape index (κ2) is 35.1. The smallest absolute Gasteiger partial charge is 0.462 e. The lowest BCUT2D eigenvalue weighted by Crippen LogP contribution is -2.64. The summed E-state index contributed by atoms with van der Waals surface area (Å²) in [6, 6.07) is 0. The van der Waals surface area contributed by atoms with E-state index in [-0.39, 0.29) is 32.1 Å². The lowest BCUT2D eigenvalue weighted by atomic mass is 9.85. The van der Waals surface area contributed by atoms with Gasteiger partial charge in [0.2, 0.25) is 0 Å². The quantitative estimate of drug-likeness (QED) is 0.0148. The molecule has 61 heavy (non-hydrogen) atoms. The Balaban J connectivity index is 2.58. The van der Waals surface area contributed by atoms with Gasteiger partial charge >= 0.3 is 19.8 Å². The average Bonchev–Trinajstić information content (AvgIpc) is 3.23. The van der Waals surface area contributed by atoms with Gasteiger partial charge in [0.1, 0.15) is 43.2 Å². The predicted octanol–water partition coefficient (Wildman–Crippen LogP) is 6.33. The first-order chi connectivity index (χ1) is 29.2. The van der Waals surface area contributed by atoms with Crippen molar-refractivity contribution < 1.29 is 73.3 Å². The van der Waals surface area contributed by atoms with Gasteiger partial charge in [-0.2, -0.15) is 0 Å². The fourth-order valence-corrected chi connectivity index (χ4v) is 7.58. The Morgan fingerprint density at radius 1 is 0.574 bits per heavy atom. The molecular formula is C45H79O15P. The summed E-state index contributed by atoms with van der Waals surface area (Å²) in [5.74, 6) is -1.39. The predicted molar refractivity (Wildman–Crippen MR) is 233 cm³/mol. The summed E-state index contributed by atoms with van der Waals surface area (Å²) < 4.78 is 33.3. The minimum absolute atomic E-state index is 0.0369. The Bertz CT molecular complexity index is 1290. The van der Waals surface area contributed by atoms with Crippen LogP contribution in [-0.2, 0) is 32.7 Å². The lowest BCUT2D eigenvalue weighted by molar-refractivity contribution is -0.220. The van der Waals surface area contributed by atoms with E-state index in [9.17, 15) is 54.8 Å². The molecule has 15 nitrogen and oxygen atoms in total. The third-order valence-corrected chi connectivity index (χ3v) is 11.4. The number of carbonyl (C=O) groups excluding carboxylic acids is 2. The highest BCUT2D eigenvalue weighted by molar-refractivity contribution is 7.47. The van der Waals surface area contributed by atoms with Gasteiger partial charge in [-0.3, -0.25) is 18.6 Å². The Hall–Kier alpha value is -2.27. The topological polar surface area (TPSA) is 250 Å². The van der Waals surface area contributed by atoms with Gasteiger partial charge in [0.25, 0.3) is 0 Å². The van der Waals surface area contributed by atoms with Crippen LogP contribution >= 0.6 is 7.82 Å². The van der Waals surface area contributed by atoms with Crippen LogP contribution in [0.1, 0.15) is 155 Å². The third kappa shape index (κ3) is 27.5. The summed E-state index contributed by atoms with van der Waals surface area (Å²) in [5.41, 5.74) is 0. The van der Waals surface area contributed by atoms with Crippen LogP contribution in [0.5, 0.6) is 0 Å². The van der Waals surface area contributed by atoms with Crippen molar-refractivity contribution in [2.24, 2.45) is 0 Å². The number of aliphatic hydroxyl groups excluding tert-OH is 7. The molecule has 0 aromatic rings. The molecule has 0 heterocycles. The molecular weight excluding hydrogens is 811 g/mol. The number of esters is 2. The number of ether oxygens (including phenoxy) is 2. The van der Waals surface area contributed by atoms with Crippen LogP contribution in [-0.4, -0.2) is 121 Å². The molecule has 1 saturated carbocycles. The molecule has 1 aliphatic carbocycles. The highest BCUT2D eigenvalue weighted by Crippen LogP contribution is 2.47. The first-order valence-corrected chi connectivity index (χ1v) is 24.1. The van der Waals surface area contributed by atoms with Crippen LogP contribution in [0, 0.1) is 0 Å². The van der Waals surface area contributed by atoms with Gasteiger partial charge in [-0.15, -0.1) is 0 Å². The van der Waals surface area contributed by atoms with Crippen molar-refractivity contribution in [3.63, 3.8) is 0 Å². The average molecular weight is 891 g/mol. The van der Waals surface area contributed by atoms with Crippen LogP contribution in [0.25, 0.3) is 0 Å². The van der Waals surface area contributed by atoms with Crippen molar-refractivity contribution in [3.8, 4) is 0 Å². The molecule has 0 radical (unpaired) electrons. The SMILES string of the molecule is CC/C=C\C/C=C\C/C=C\C/C=C\C[C@H](O)[C@@H](O)CCCC(=O)OC[C@H](COP(=O)(O)OC1[C@H](O)[C@H](O)C(O)[C@H](O)[C@H]1O)OC(=O)CCCCCCCCCCCCCCC. The van der Waals surface area contributed by atoms with Crippen molar-refractivity contribution in [3.05, 3.63) is 48.6 Å². The number of hydrogen-bond acceptors (Lipinski definition) is 14. The molecule has 0 aromatic heterocycles. The second-order valence-electron chi connectivity index (χ2n) is 15.8. The maximum Gasteiger partial charge on any atom is 0.472 e. The molecule has 354 valence electrons. The van der Waals surface area contributed by atoms with Crippen molar-refractivity contribution in [1.82, 2.24) is 0 Å². The summed E-state index contributed by atoms with van der Waals surface area (Å²) in [7, 11) is -5.18. The molecule has 0 bridgehead atoms. The van der Waals surface area contributed by atoms with E-state index < -0.39 is 87.9 Å². The molecule has 8 N–H and O–H groups in total. The molecule has 16 heteroatoms. The van der Waals surface area contributed by atoms with Crippen LogP contribution in [0.3, 0.4) is 0 Å². The summed E-state index contributed by atoms with van der Waals surface area (Å²) in [6.45, 7) is 2.92. The van der Waals surface area contributed by atoms with E-state index in [1.54, 1.807) is 6.08 Å². The van der Waals surface area contributed by atoms with Crippen LogP contribution < -0.4 is 0 Å². The molecule has 3 unspecified atom stereocenters. The van der Waals surface area contributed by atoms with Gasteiger partial charge in [-0.25, -0.2) is 4.57 Å². The number of rotatable bonds is 36. The standard InChI is InChI=1S/C45H79O15P/c1-3-5-7-9-11-13-15-17-19-21-23-25-27-31-39(49)59-35(34-58-61(55,56)60-45-43(53)41(51)40(50)42(52)44(45)54)33-57-38(48)32-28-30-37(47)36(46)29-26-24-22-20-18-16-14-12-10-8-6-4-2/h6,8,12,14,18,20,24,26,35-37,40-47,50-54H,3-5,7,9-11,13,15-17,19,21-23,25,27-34H2,1-2H3,(H,55,56)/b8-6-,14-12-,20-18-,26-24-/t35-,36+,37+,40?,41-,42+,43-,44-,45?/m1/s1. The fourth-order valence-electron chi connectivity index (χ4n) is 6.61. The fraction of sp³-hybridized carbons (Fsp3) is 0.778. The van der Waals surface area contributed by atoms with Gasteiger partial charge in [-0.05, 0) is 51.4 Å². The zero-order valence-electron chi connectivity index (χ0n) is 36.7. The van der Waals surface area contributed by atoms with Gasteiger partial charge in [0.05, 0.1) is 18.8 Å². The number of unbranched alkanes of at least 4 members (excludes halogenated alkanes) is 12. The van der Waals surface area contributed by atoms with Crippen molar-refractivity contribution in [2.45, 2.75) is 210 Å². The first kappa shape index (κ1) is 56.7. The van der Waals surface area contributed by atoms with Gasteiger partial charge in [-0.1, -0.05) is 140 Å². The summed E-state index contributed by atoms with van der Waals surface area (Å²) in [6.07, 6.45) is 19.0. The van der Waals surface area contributed by atoms with E-state index in [1.165, 1.54) is 51.4 Å². The molecule has 0 aromatic carbocycles. The maximum atomic E-state index is 12.8. The Morgan fingerprint density at radius 3 is 1.56 bits per heavy atom. The van der Waals surface area contributed by atoms with Crippen LogP contribution in [0.2, 0.25) is 0 Å². The van der Waals surface area contributed by atoms with E-state index in [0.717, 1.165) is 44.9 Å². The summed E-state index contributed by atoms with van der Waals surface area (Å²) in [4.78, 5) is 35.7. The van der Waals surface area contributed by atoms with Crippen LogP contribution in [0.4, 0.5) is 0 Å². The third-order valence-electron chi connectivity index (χ3n) is 10.4. The molecule has 10 atom stereocenters. The first-order valence-electron chi connectivity index (χ1n) is 22.6. The van der Waals surface area contributed by atoms with Crippen molar-refractivity contribution >= 4 is 19.8 Å². The molecule has 0 spiro atoms. The molecule has 1 aliphatic rings. The minimum atomic E-state index is -5.18. The highest BCUT2D eigenvalue weighted by Gasteiger charge is 2.51. The largest absolute Gasteiger partial charge is 0.472 e. The number of phosphoric acid groups is 1. The lowest BCUT2D eigenvalue weighted by Gasteiger charge is -2.41. The highest BCUT2D eigenvalue weighted by atomic mass is 31.2. The Morgan fingerprint density at radius 2 is 1.03 bits per heavy atom. The van der Waals surface area contributed by atoms with Crippen molar-refractivity contribution in [2.75, 3.05) is 13.2 Å². The zero-order valence-corrected chi connectivity index (χ0v) is 37.6. The van der Waals surface area contributed by atoms with E-state index in [1.807, 2.05) is 12.2 Å². The monoisotopic (exact) mass is 891 g/mol. The summed E-state index contributed by atoms with van der Waals surface area (Å²) >= 11 is 0. The van der Waals surface area contributed by atoms with E-state index in [2.05, 4.69) is 44.2 Å². The van der Waals surface area contributed by atoms with Crippen LogP contribution in [0.15, 0.2) is 48.6 Å². The zero-order chi connectivity index (χ0) is 45.3. The summed E-state index contributed by atoms with van der Waals surface area (Å²) in [5, 5.41) is 70.8. The van der Waals surface area contributed by atoms with Crippen molar-refractivity contribution in [1.29, 1.82) is 0 Å². The Kier molecular flexibility index (Phi) is 32.7. The van der Waals surface area contributed by atoms with E-state index >= 15 is 0 Å². The second-order valence-corrected chi connectivity index (χ2v) is 17.2. The molecule has 1 rings (SSSR count). The minimum Gasteiger partial charge on any atom is -0.462 e. The van der Waals surface area contributed by atoms with Gasteiger partial charge < -0.3 is 50.1 Å². The maximum absolute atomic E-state index is 12.8. The molecule has 1 fully saturated rings.